The number of aryl methyl sites for hydroxylation is 2. The average molecular weight is 379 g/mol. The zero-order valence-corrected chi connectivity index (χ0v) is 15.2. The van der Waals surface area contributed by atoms with E-state index in [0.717, 1.165) is 5.69 Å². The zero-order chi connectivity index (χ0) is 19.1. The number of ether oxygens (including phenoxy) is 1. The molecular formula is C17H19ClN4O4. The smallest absolute Gasteiger partial charge is 0.308 e. The lowest BCUT2D eigenvalue weighted by molar-refractivity contribution is -0.147. The topological polar surface area (TPSA) is 102 Å². The number of hydrogen-bond donors (Lipinski definition) is 2. The number of aromatic nitrogens is 2. The van der Waals surface area contributed by atoms with E-state index < -0.39 is 18.5 Å². The largest absolute Gasteiger partial charge is 0.456 e. The van der Waals surface area contributed by atoms with Crippen LogP contribution in [0.3, 0.4) is 0 Å². The molecule has 0 radical (unpaired) electrons. The van der Waals surface area contributed by atoms with Crippen LogP contribution in [0.25, 0.3) is 0 Å². The SMILES string of the molecule is Cc1cc(NC(=O)COC(=O)CCNC(=O)c2ccc(Cl)cc2)n(C)n1. The Balaban J connectivity index is 1.67. The third kappa shape index (κ3) is 5.89. The van der Waals surface area contributed by atoms with Gasteiger partial charge in [-0.25, -0.2) is 0 Å². The molecular weight excluding hydrogens is 360 g/mol. The molecule has 8 nitrogen and oxygen atoms in total. The van der Waals surface area contributed by atoms with Crippen molar-refractivity contribution in [3.63, 3.8) is 0 Å². The zero-order valence-electron chi connectivity index (χ0n) is 14.4. The van der Waals surface area contributed by atoms with Gasteiger partial charge < -0.3 is 15.4 Å². The summed E-state index contributed by atoms with van der Waals surface area (Å²) in [7, 11) is 1.69. The van der Waals surface area contributed by atoms with E-state index in [-0.39, 0.29) is 18.9 Å². The fourth-order valence-corrected chi connectivity index (χ4v) is 2.23. The number of rotatable bonds is 7. The van der Waals surface area contributed by atoms with E-state index in [1.54, 1.807) is 44.3 Å². The van der Waals surface area contributed by atoms with Crippen LogP contribution in [0.15, 0.2) is 30.3 Å². The lowest BCUT2D eigenvalue weighted by Gasteiger charge is -2.07. The van der Waals surface area contributed by atoms with Crippen LogP contribution in [0.5, 0.6) is 0 Å². The third-order valence-corrected chi connectivity index (χ3v) is 3.61. The van der Waals surface area contributed by atoms with Crippen molar-refractivity contribution >= 4 is 35.2 Å². The summed E-state index contributed by atoms with van der Waals surface area (Å²) < 4.78 is 6.39. The third-order valence-electron chi connectivity index (χ3n) is 3.35. The van der Waals surface area contributed by atoms with Crippen molar-refractivity contribution in [2.75, 3.05) is 18.5 Å². The number of halogens is 1. The van der Waals surface area contributed by atoms with Gasteiger partial charge in [0.15, 0.2) is 6.61 Å². The second kappa shape index (κ2) is 9.00. The molecule has 138 valence electrons. The number of carbonyl (C=O) groups is 3. The van der Waals surface area contributed by atoms with Crippen molar-refractivity contribution in [1.29, 1.82) is 0 Å². The van der Waals surface area contributed by atoms with Gasteiger partial charge in [0.05, 0.1) is 12.1 Å². The lowest BCUT2D eigenvalue weighted by Crippen LogP contribution is -2.27. The Morgan fingerprint density at radius 2 is 1.92 bits per heavy atom. The van der Waals surface area contributed by atoms with E-state index in [1.165, 1.54) is 4.68 Å². The molecule has 0 aliphatic rings. The van der Waals surface area contributed by atoms with Crippen LogP contribution in [0, 0.1) is 6.92 Å². The molecule has 1 aromatic carbocycles. The molecule has 1 heterocycles. The Kier molecular flexibility index (Phi) is 6.74. The highest BCUT2D eigenvalue weighted by atomic mass is 35.5. The number of amides is 2. The second-order valence-electron chi connectivity index (χ2n) is 5.52. The molecule has 1 aromatic heterocycles. The van der Waals surface area contributed by atoms with Gasteiger partial charge in [-0.2, -0.15) is 5.10 Å². The predicted octanol–water partition coefficient (Wildman–Crippen LogP) is 1.68. The van der Waals surface area contributed by atoms with Crippen LogP contribution < -0.4 is 10.6 Å². The fraction of sp³-hybridized carbons (Fsp3) is 0.294. The number of benzene rings is 1. The van der Waals surface area contributed by atoms with Gasteiger partial charge in [-0.1, -0.05) is 11.6 Å². The normalized spacial score (nSPS) is 10.3. The Bertz CT molecular complexity index is 802. The first-order valence-corrected chi connectivity index (χ1v) is 8.23. The number of anilines is 1. The van der Waals surface area contributed by atoms with E-state index >= 15 is 0 Å². The van der Waals surface area contributed by atoms with Crippen LogP contribution in [-0.2, 0) is 21.4 Å². The number of nitrogens with one attached hydrogen (secondary N) is 2. The number of hydrogen-bond acceptors (Lipinski definition) is 5. The van der Waals surface area contributed by atoms with Crippen LogP contribution >= 0.6 is 11.6 Å². The van der Waals surface area contributed by atoms with Crippen LogP contribution in [0.2, 0.25) is 5.02 Å². The molecule has 0 atom stereocenters. The number of carbonyl (C=O) groups excluding carboxylic acids is 3. The van der Waals surface area contributed by atoms with E-state index in [1.807, 2.05) is 0 Å². The Morgan fingerprint density at radius 1 is 1.23 bits per heavy atom. The van der Waals surface area contributed by atoms with E-state index in [2.05, 4.69) is 15.7 Å². The molecule has 0 saturated heterocycles. The van der Waals surface area contributed by atoms with Crippen molar-refractivity contribution in [2.24, 2.45) is 7.05 Å². The maximum absolute atomic E-state index is 11.9. The van der Waals surface area contributed by atoms with Crippen molar-refractivity contribution in [2.45, 2.75) is 13.3 Å². The summed E-state index contributed by atoms with van der Waals surface area (Å²) in [5.41, 5.74) is 1.20. The Labute approximate surface area is 155 Å². The van der Waals surface area contributed by atoms with E-state index in [0.29, 0.717) is 16.4 Å². The summed E-state index contributed by atoms with van der Waals surface area (Å²) in [5, 5.41) is 9.81. The van der Waals surface area contributed by atoms with Gasteiger partial charge in [0.2, 0.25) is 0 Å². The minimum atomic E-state index is -0.585. The van der Waals surface area contributed by atoms with Gasteiger partial charge in [-0.05, 0) is 31.2 Å². The van der Waals surface area contributed by atoms with Gasteiger partial charge in [0.25, 0.3) is 11.8 Å². The number of nitrogens with zero attached hydrogens (tertiary/aromatic N) is 2. The van der Waals surface area contributed by atoms with Crippen molar-refractivity contribution < 1.29 is 19.1 Å². The van der Waals surface area contributed by atoms with Crippen LogP contribution in [0.1, 0.15) is 22.5 Å². The summed E-state index contributed by atoms with van der Waals surface area (Å²) in [5.74, 6) is -0.859. The molecule has 2 amide bonds. The average Bonchev–Trinajstić information content (AvgIpc) is 2.90. The van der Waals surface area contributed by atoms with Crippen LogP contribution in [-0.4, -0.2) is 40.7 Å². The summed E-state index contributed by atoms with van der Waals surface area (Å²) in [6.07, 6.45) is -0.0442. The maximum Gasteiger partial charge on any atom is 0.308 e. The van der Waals surface area contributed by atoms with Gasteiger partial charge in [0.1, 0.15) is 5.82 Å². The second-order valence-corrected chi connectivity index (χ2v) is 5.95. The van der Waals surface area contributed by atoms with Crippen molar-refractivity contribution in [3.8, 4) is 0 Å². The molecule has 0 fully saturated rings. The molecule has 0 saturated carbocycles. The highest BCUT2D eigenvalue weighted by molar-refractivity contribution is 6.30. The van der Waals surface area contributed by atoms with Gasteiger partial charge in [-0.15, -0.1) is 0 Å². The molecule has 26 heavy (non-hydrogen) atoms. The molecule has 0 spiro atoms. The molecule has 2 aromatic rings. The molecule has 0 aliphatic heterocycles. The lowest BCUT2D eigenvalue weighted by atomic mass is 10.2. The van der Waals surface area contributed by atoms with Gasteiger partial charge in [-0.3, -0.25) is 19.1 Å². The maximum atomic E-state index is 11.9. The fourth-order valence-electron chi connectivity index (χ4n) is 2.11. The highest BCUT2D eigenvalue weighted by Crippen LogP contribution is 2.09. The summed E-state index contributed by atoms with van der Waals surface area (Å²) in [6, 6.07) is 8.08. The Morgan fingerprint density at radius 3 is 2.54 bits per heavy atom. The first-order chi connectivity index (χ1) is 12.3. The van der Waals surface area contributed by atoms with Crippen molar-refractivity contribution in [3.05, 3.63) is 46.6 Å². The first-order valence-electron chi connectivity index (χ1n) is 7.85. The Hall–Kier alpha value is -2.87. The summed E-state index contributed by atoms with van der Waals surface area (Å²) >= 11 is 5.75. The molecule has 0 bridgehead atoms. The molecule has 9 heteroatoms. The quantitative estimate of drug-likeness (QED) is 0.714. The molecule has 2 rings (SSSR count). The minimum Gasteiger partial charge on any atom is -0.456 e. The highest BCUT2D eigenvalue weighted by Gasteiger charge is 2.11. The minimum absolute atomic E-state index is 0.0442. The monoisotopic (exact) mass is 378 g/mol. The molecule has 2 N–H and O–H groups in total. The first kappa shape index (κ1) is 19.5. The van der Waals surface area contributed by atoms with E-state index in [4.69, 9.17) is 16.3 Å². The molecule has 0 aliphatic carbocycles. The van der Waals surface area contributed by atoms with Crippen LogP contribution in [0.4, 0.5) is 5.82 Å². The van der Waals surface area contributed by atoms with Gasteiger partial charge >= 0.3 is 5.97 Å². The molecule has 0 unspecified atom stereocenters. The van der Waals surface area contributed by atoms with Gasteiger partial charge in [0, 0.05) is 30.2 Å². The number of esters is 1. The summed E-state index contributed by atoms with van der Waals surface area (Å²) in [4.78, 5) is 35.3. The predicted molar refractivity (Wildman–Crippen MR) is 95.9 cm³/mol. The standard InChI is InChI=1S/C17H19ClN4O4/c1-11-9-14(22(2)21-11)20-15(23)10-26-16(24)7-8-19-17(25)12-3-5-13(18)6-4-12/h3-6,9H,7-8,10H2,1-2H3,(H,19,25)(H,20,23). The van der Waals surface area contributed by atoms with Crippen molar-refractivity contribution in [1.82, 2.24) is 15.1 Å². The van der Waals surface area contributed by atoms with E-state index in [9.17, 15) is 14.4 Å². The summed E-state index contributed by atoms with van der Waals surface area (Å²) in [6.45, 7) is 1.49.